The van der Waals surface area contributed by atoms with E-state index < -0.39 is 29.5 Å². The number of pyridine rings is 2. The van der Waals surface area contributed by atoms with Crippen LogP contribution in [0.1, 0.15) is 218 Å². The SMILES string of the molecule is CC(C)(C)c1ccc(Oc2ccc3ncnn3c2)c(Cl)c1.CC(C)(C)c1ccc(Oc2ccn3ncnc3c2)c(Cl)c1.CC(C)(C)c1ccc(S(=O)(=O)c2ccccc2)c(Cl)c1.CC(C)(C)c1ccc(S(=O)(=O)c2ccccc2)cc1.Cc1cc(C(C)(C)C)ccc1OCc1cnccn1.Cc1cc(C(C)(C)C)ccc1S(=O)(=O)c1ccccc1.Cc1cncc(COc2ccc(C(C)(C)C)cc2C)n1. The lowest BCUT2D eigenvalue weighted by Gasteiger charge is -2.20. The van der Waals surface area contributed by atoms with Gasteiger partial charge in [0, 0.05) is 30.9 Å². The van der Waals surface area contributed by atoms with E-state index in [9.17, 15) is 25.3 Å². The third-order valence-corrected chi connectivity index (χ3v) is 29.0. The van der Waals surface area contributed by atoms with E-state index in [2.05, 4.69) is 224 Å². The number of hydrogen-bond donors (Lipinski definition) is 0. The van der Waals surface area contributed by atoms with Crippen molar-refractivity contribution >= 4 is 75.6 Å². The molecule has 0 spiro atoms. The molecule has 26 heteroatoms. The number of sulfone groups is 3. The number of benzene rings is 10. The molecule has 0 aliphatic heterocycles. The van der Waals surface area contributed by atoms with Gasteiger partial charge in [-0.05, 0) is 243 Å². The fourth-order valence-corrected chi connectivity index (χ4v) is 18.9. The van der Waals surface area contributed by atoms with Crippen LogP contribution in [0, 0.1) is 27.7 Å². The molecular formula is C114H129Cl3N10O10S3. The molecule has 0 unspecified atom stereocenters. The van der Waals surface area contributed by atoms with E-state index in [0.717, 1.165) is 73.3 Å². The Hall–Kier alpha value is -12.5. The highest BCUT2D eigenvalue weighted by atomic mass is 35.5. The average molecular weight is 2000 g/mol. The van der Waals surface area contributed by atoms with Crippen LogP contribution in [0.5, 0.6) is 34.5 Å². The molecule has 0 saturated carbocycles. The lowest BCUT2D eigenvalue weighted by Crippen LogP contribution is -2.12. The quantitative estimate of drug-likeness (QED) is 0.0871. The maximum atomic E-state index is 12.6. The first-order valence-corrected chi connectivity index (χ1v) is 51.5. The third kappa shape index (κ3) is 30.8. The molecule has 0 N–H and O–H groups in total. The molecule has 0 saturated heterocycles. The largest absolute Gasteiger partial charge is 0.487 e. The summed E-state index contributed by atoms with van der Waals surface area (Å²) >= 11 is 18.8. The number of rotatable bonds is 16. The molecule has 0 aliphatic carbocycles. The monoisotopic (exact) mass is 2000 g/mol. The number of halogens is 3. The van der Waals surface area contributed by atoms with Crippen LogP contribution in [-0.2, 0) is 80.6 Å². The number of aryl methyl sites for hydroxylation is 4. The van der Waals surface area contributed by atoms with Gasteiger partial charge in [0.15, 0.2) is 11.3 Å². The van der Waals surface area contributed by atoms with Gasteiger partial charge in [-0.1, -0.05) is 302 Å². The van der Waals surface area contributed by atoms with Crippen molar-refractivity contribution in [2.24, 2.45) is 0 Å². The topological polar surface area (TPSA) is 251 Å². The van der Waals surface area contributed by atoms with Gasteiger partial charge in [0.25, 0.3) is 0 Å². The minimum absolute atomic E-state index is 0.0137. The Labute approximate surface area is 843 Å². The molecule has 0 bridgehead atoms. The zero-order valence-corrected chi connectivity index (χ0v) is 89.4. The Morgan fingerprint density at radius 3 is 1.10 bits per heavy atom. The van der Waals surface area contributed by atoms with Gasteiger partial charge < -0.3 is 18.9 Å². The van der Waals surface area contributed by atoms with Crippen molar-refractivity contribution in [2.75, 3.05) is 0 Å². The fourth-order valence-electron chi connectivity index (χ4n) is 13.8. The van der Waals surface area contributed by atoms with Crippen LogP contribution in [0.25, 0.3) is 11.3 Å². The molecule has 6 aromatic heterocycles. The molecule has 10 aromatic carbocycles. The maximum Gasteiger partial charge on any atom is 0.208 e. The second-order valence-corrected chi connectivity index (χ2v) is 48.1. The summed E-state index contributed by atoms with van der Waals surface area (Å²) in [7, 11) is -10.4. The van der Waals surface area contributed by atoms with E-state index >= 15 is 0 Å². The molecule has 140 heavy (non-hydrogen) atoms. The predicted molar refractivity (Wildman–Crippen MR) is 565 cm³/mol. The van der Waals surface area contributed by atoms with Gasteiger partial charge in [-0.15, -0.1) is 0 Å². The van der Waals surface area contributed by atoms with Crippen LogP contribution in [-0.4, -0.2) is 74.4 Å². The summed E-state index contributed by atoms with van der Waals surface area (Å²) in [5.41, 5.74) is 15.8. The van der Waals surface area contributed by atoms with E-state index in [1.165, 1.54) is 34.9 Å². The zero-order valence-electron chi connectivity index (χ0n) is 84.7. The lowest BCUT2D eigenvalue weighted by molar-refractivity contribution is 0.298. The molecule has 16 rings (SSSR count). The second-order valence-electron chi connectivity index (χ2n) is 41.1. The van der Waals surface area contributed by atoms with E-state index in [0.29, 0.717) is 65.8 Å². The number of fused-ring (bicyclic) bond motifs is 2. The fraction of sp³-hybridized carbons (Fsp3) is 0.298. The van der Waals surface area contributed by atoms with Gasteiger partial charge in [-0.25, -0.2) is 44.3 Å². The second kappa shape index (κ2) is 46.3. The minimum Gasteiger partial charge on any atom is -0.487 e. The summed E-state index contributed by atoms with van der Waals surface area (Å²) in [6.07, 6.45) is 15.1. The Balaban J connectivity index is 0.000000168. The van der Waals surface area contributed by atoms with Crippen LogP contribution in [0.4, 0.5) is 0 Å². The number of aromatic nitrogens is 10. The van der Waals surface area contributed by atoms with Crippen molar-refractivity contribution in [3.63, 3.8) is 0 Å². The van der Waals surface area contributed by atoms with Crippen LogP contribution >= 0.6 is 34.8 Å². The third-order valence-electron chi connectivity index (χ3n) is 22.4. The summed E-state index contributed by atoms with van der Waals surface area (Å²) < 4.78 is 102. The molecule has 20 nitrogen and oxygen atoms in total. The first-order valence-electron chi connectivity index (χ1n) is 45.9. The van der Waals surface area contributed by atoms with Crippen LogP contribution < -0.4 is 18.9 Å². The van der Waals surface area contributed by atoms with Crippen molar-refractivity contribution in [1.82, 2.24) is 49.1 Å². The van der Waals surface area contributed by atoms with Crippen LogP contribution in [0.3, 0.4) is 0 Å². The molecule has 734 valence electrons. The van der Waals surface area contributed by atoms with Crippen molar-refractivity contribution < 1.29 is 44.2 Å². The summed E-state index contributed by atoms with van der Waals surface area (Å²) in [4.78, 5) is 26.8. The number of hydrogen-bond acceptors (Lipinski definition) is 18. The molecule has 0 atom stereocenters. The standard InChI is InChI=1S/C17H22N2O.C17H20O2S.2C16H16ClN3O.C16H17ClO2S.C16H20N2O.C16H18O2S/c1-12-8-14(17(3,4)5)6-7-16(12)20-11-15-10-18-9-13(2)19-15;1-13-12-14(17(2,3)4)10-11-16(13)20(18,19)15-8-6-5-7-9-15;1-16(2,3)11-4-6-14(13(17)8-11)21-12-5-7-15-18-10-19-20(15)9-12;1-16(2,3)11-4-5-14(13(17)8-11)21-12-6-7-20-15(9-12)18-10-19-20;1-16(2,3)12-9-10-15(14(17)11-12)20(18,19)13-7-5-4-6-8-13;1-12-9-13(16(2,3)4)5-6-15(12)19-11-14-10-17-7-8-18-14;1-16(2,3)13-9-11-15(12-10-13)19(17,18)14-7-5-4-6-8-14/h6-10H,11H2,1-5H3;5-12H,1-4H3;2*4-10H,1-3H3;4-11H,1-3H3;5-10H,11H2,1-4H3;4-12H,1-3H3. The highest BCUT2D eigenvalue weighted by Crippen LogP contribution is 2.40. The van der Waals surface area contributed by atoms with E-state index in [-0.39, 0.29) is 52.7 Å². The molecule has 0 fully saturated rings. The zero-order chi connectivity index (χ0) is 103. The Bertz CT molecular complexity index is 6970. The van der Waals surface area contributed by atoms with Crippen molar-refractivity contribution in [1.29, 1.82) is 0 Å². The van der Waals surface area contributed by atoms with E-state index in [1.54, 1.807) is 162 Å². The highest BCUT2D eigenvalue weighted by molar-refractivity contribution is 7.92. The first-order chi connectivity index (χ1) is 65.5. The molecule has 0 aliphatic rings. The lowest BCUT2D eigenvalue weighted by atomic mass is 9.86. The van der Waals surface area contributed by atoms with Crippen LogP contribution in [0.2, 0.25) is 15.1 Å². The molecular weight excluding hydrogens is 1870 g/mol. The van der Waals surface area contributed by atoms with Gasteiger partial charge in [-0.2, -0.15) is 10.2 Å². The summed E-state index contributed by atoms with van der Waals surface area (Å²) in [5.74, 6) is 4.41. The van der Waals surface area contributed by atoms with Crippen LogP contribution in [0.15, 0.2) is 334 Å². The number of ether oxygens (including phenoxy) is 4. The molecule has 0 radical (unpaired) electrons. The van der Waals surface area contributed by atoms with Gasteiger partial charge in [0.2, 0.25) is 29.5 Å². The molecule has 16 aromatic rings. The Kier molecular flexibility index (Phi) is 36.2. The summed E-state index contributed by atoms with van der Waals surface area (Å²) in [6, 6.07) is 75.1. The van der Waals surface area contributed by atoms with E-state index in [1.807, 2.05) is 129 Å². The number of nitrogens with zero attached hydrogens (tertiary/aromatic N) is 10. The van der Waals surface area contributed by atoms with Gasteiger partial charge >= 0.3 is 0 Å². The predicted octanol–water partition coefficient (Wildman–Crippen LogP) is 29.0. The first kappa shape index (κ1) is 110. The van der Waals surface area contributed by atoms with Crippen molar-refractivity contribution in [2.45, 2.75) is 254 Å². The van der Waals surface area contributed by atoms with Gasteiger partial charge in [0.1, 0.15) is 60.4 Å². The normalized spacial score (nSPS) is 11.9. The molecule has 0 amide bonds. The molecule has 6 heterocycles. The highest BCUT2D eigenvalue weighted by Gasteiger charge is 2.28. The van der Waals surface area contributed by atoms with E-state index in [4.69, 9.17) is 53.8 Å². The minimum atomic E-state index is -3.56. The summed E-state index contributed by atoms with van der Waals surface area (Å²) in [5, 5.41) is 9.59. The Morgan fingerprint density at radius 2 is 0.679 bits per heavy atom. The average Bonchev–Trinajstić information content (AvgIpc) is 0.916. The van der Waals surface area contributed by atoms with Gasteiger partial charge in [-0.3, -0.25) is 19.9 Å². The summed E-state index contributed by atoms with van der Waals surface area (Å²) in [6.45, 7) is 53.8. The van der Waals surface area contributed by atoms with Gasteiger partial charge in [0.05, 0.1) is 80.1 Å². The van der Waals surface area contributed by atoms with Crippen molar-refractivity contribution in [3.05, 3.63) is 393 Å². The smallest absolute Gasteiger partial charge is 0.208 e. The maximum absolute atomic E-state index is 12.6. The van der Waals surface area contributed by atoms with Crippen molar-refractivity contribution in [3.8, 4) is 34.5 Å². The Morgan fingerprint density at radius 1 is 0.307 bits per heavy atom.